The lowest BCUT2D eigenvalue weighted by Crippen LogP contribution is -2.17. The summed E-state index contributed by atoms with van der Waals surface area (Å²) in [4.78, 5) is 0. The molecular formula is C10H9ClFO. The van der Waals surface area contributed by atoms with Crippen molar-refractivity contribution in [2.75, 3.05) is 6.61 Å². The van der Waals surface area contributed by atoms with Crippen LogP contribution in [0.3, 0.4) is 0 Å². The first kappa shape index (κ1) is 8.97. The summed E-state index contributed by atoms with van der Waals surface area (Å²) in [5, 5.41) is -0.260. The van der Waals surface area contributed by atoms with Crippen molar-refractivity contribution < 1.29 is 9.13 Å². The minimum absolute atomic E-state index is 0.260. The van der Waals surface area contributed by atoms with Crippen molar-refractivity contribution in [1.29, 1.82) is 0 Å². The fourth-order valence-electron chi connectivity index (χ4n) is 1.54. The van der Waals surface area contributed by atoms with E-state index in [1.165, 1.54) is 6.07 Å². The van der Waals surface area contributed by atoms with E-state index in [9.17, 15) is 4.39 Å². The van der Waals surface area contributed by atoms with Gasteiger partial charge < -0.3 is 4.74 Å². The van der Waals surface area contributed by atoms with Gasteiger partial charge in [0.15, 0.2) is 0 Å². The number of benzene rings is 1. The van der Waals surface area contributed by atoms with Crippen LogP contribution in [0.15, 0.2) is 18.2 Å². The highest BCUT2D eigenvalue weighted by atomic mass is 35.5. The van der Waals surface area contributed by atoms with E-state index in [2.05, 4.69) is 6.92 Å². The van der Waals surface area contributed by atoms with E-state index in [-0.39, 0.29) is 11.2 Å². The van der Waals surface area contributed by atoms with Gasteiger partial charge in [-0.25, -0.2) is 4.39 Å². The lowest BCUT2D eigenvalue weighted by molar-refractivity contribution is 0.0672. The van der Waals surface area contributed by atoms with Crippen molar-refractivity contribution in [3.8, 4) is 0 Å². The van der Waals surface area contributed by atoms with Gasteiger partial charge in [0.1, 0.15) is 5.82 Å². The first-order chi connectivity index (χ1) is 6.20. The SMILES string of the molecule is [CH2]C1OCC(Cl)c2cccc(F)c21. The van der Waals surface area contributed by atoms with Crippen molar-refractivity contribution in [2.24, 2.45) is 0 Å². The molecule has 1 nitrogen and oxygen atoms in total. The first-order valence-electron chi connectivity index (χ1n) is 4.07. The van der Waals surface area contributed by atoms with Gasteiger partial charge in [-0.05, 0) is 18.6 Å². The number of hydrogen-bond acceptors (Lipinski definition) is 1. The average Bonchev–Trinajstić information content (AvgIpc) is 2.12. The predicted molar refractivity (Wildman–Crippen MR) is 49.0 cm³/mol. The fraction of sp³-hybridized carbons (Fsp3) is 0.300. The molecule has 13 heavy (non-hydrogen) atoms. The molecule has 0 saturated heterocycles. The Morgan fingerprint density at radius 1 is 1.54 bits per heavy atom. The van der Waals surface area contributed by atoms with Crippen LogP contribution in [0.25, 0.3) is 0 Å². The summed E-state index contributed by atoms with van der Waals surface area (Å²) in [5.41, 5.74) is 1.29. The lowest BCUT2D eigenvalue weighted by atomic mass is 9.98. The summed E-state index contributed by atoms with van der Waals surface area (Å²) in [6.07, 6.45) is -0.439. The molecule has 0 bridgehead atoms. The Labute approximate surface area is 81.5 Å². The third-order valence-electron chi connectivity index (χ3n) is 2.19. The highest BCUT2D eigenvalue weighted by molar-refractivity contribution is 6.21. The molecule has 0 aliphatic carbocycles. The summed E-state index contributed by atoms with van der Waals surface area (Å²) < 4.78 is 18.5. The molecule has 69 valence electrons. The Morgan fingerprint density at radius 2 is 2.31 bits per heavy atom. The van der Waals surface area contributed by atoms with E-state index < -0.39 is 6.10 Å². The Balaban J connectivity index is 2.56. The zero-order chi connectivity index (χ0) is 9.42. The Bertz CT molecular complexity index is 327. The van der Waals surface area contributed by atoms with Gasteiger partial charge in [-0.2, -0.15) is 0 Å². The van der Waals surface area contributed by atoms with Crippen LogP contribution in [0.1, 0.15) is 22.6 Å². The minimum Gasteiger partial charge on any atom is -0.372 e. The molecule has 2 rings (SSSR count). The van der Waals surface area contributed by atoms with Crippen LogP contribution in [0, 0.1) is 12.7 Å². The van der Waals surface area contributed by atoms with Crippen LogP contribution in [-0.2, 0) is 4.74 Å². The molecule has 0 fully saturated rings. The Morgan fingerprint density at radius 3 is 3.00 bits per heavy atom. The normalized spacial score (nSPS) is 27.0. The molecule has 0 saturated carbocycles. The summed E-state index contributed by atoms with van der Waals surface area (Å²) in [6, 6.07) is 4.87. The van der Waals surface area contributed by atoms with Gasteiger partial charge in [0.25, 0.3) is 0 Å². The van der Waals surface area contributed by atoms with Gasteiger partial charge in [0, 0.05) is 5.56 Å². The fourth-order valence-corrected chi connectivity index (χ4v) is 1.80. The van der Waals surface area contributed by atoms with Crippen molar-refractivity contribution in [2.45, 2.75) is 11.5 Å². The maximum Gasteiger partial charge on any atom is 0.129 e. The first-order valence-corrected chi connectivity index (χ1v) is 4.51. The maximum atomic E-state index is 13.3. The highest BCUT2D eigenvalue weighted by Crippen LogP contribution is 2.36. The molecule has 2 unspecified atom stereocenters. The van der Waals surface area contributed by atoms with E-state index in [0.717, 1.165) is 5.56 Å². The van der Waals surface area contributed by atoms with Crippen LogP contribution in [0.4, 0.5) is 4.39 Å². The molecule has 0 spiro atoms. The van der Waals surface area contributed by atoms with Gasteiger partial charge in [-0.3, -0.25) is 0 Å². The topological polar surface area (TPSA) is 9.23 Å². The summed E-state index contributed by atoms with van der Waals surface area (Å²) in [7, 11) is 0. The standard InChI is InChI=1S/C10H9ClFO/c1-6-10-7(8(11)5-13-6)3-2-4-9(10)12/h2-4,6,8H,1,5H2. The number of rotatable bonds is 0. The van der Waals surface area contributed by atoms with Crippen molar-refractivity contribution in [3.05, 3.63) is 42.1 Å². The highest BCUT2D eigenvalue weighted by Gasteiger charge is 2.26. The molecule has 0 amide bonds. The predicted octanol–water partition coefficient (Wildman–Crippen LogP) is 3.01. The molecule has 1 aliphatic rings. The van der Waals surface area contributed by atoms with Crippen LogP contribution < -0.4 is 0 Å². The monoisotopic (exact) mass is 199 g/mol. The third-order valence-corrected chi connectivity index (χ3v) is 2.55. The summed E-state index contributed by atoms with van der Waals surface area (Å²) >= 11 is 5.97. The van der Waals surface area contributed by atoms with Crippen LogP contribution in [-0.4, -0.2) is 6.61 Å². The zero-order valence-electron chi connectivity index (χ0n) is 6.97. The van der Waals surface area contributed by atoms with Gasteiger partial charge in [0.05, 0.1) is 18.1 Å². The Hall–Kier alpha value is -0.600. The van der Waals surface area contributed by atoms with E-state index >= 15 is 0 Å². The Kier molecular flexibility index (Phi) is 2.26. The molecule has 1 aliphatic heterocycles. The molecule has 1 radical (unpaired) electrons. The molecule has 2 atom stereocenters. The van der Waals surface area contributed by atoms with E-state index in [1.54, 1.807) is 6.07 Å². The molecular weight excluding hydrogens is 191 g/mol. The zero-order valence-corrected chi connectivity index (χ0v) is 7.72. The summed E-state index contributed by atoms with van der Waals surface area (Å²) in [5.74, 6) is -0.289. The summed E-state index contributed by atoms with van der Waals surface area (Å²) in [6.45, 7) is 4.11. The minimum atomic E-state index is -0.439. The third kappa shape index (κ3) is 1.45. The molecule has 0 N–H and O–H groups in total. The number of alkyl halides is 1. The quantitative estimate of drug-likeness (QED) is 0.584. The lowest BCUT2D eigenvalue weighted by Gasteiger charge is -2.26. The van der Waals surface area contributed by atoms with Gasteiger partial charge >= 0.3 is 0 Å². The van der Waals surface area contributed by atoms with E-state index in [0.29, 0.717) is 12.2 Å². The van der Waals surface area contributed by atoms with Crippen LogP contribution >= 0.6 is 11.6 Å². The molecule has 3 heteroatoms. The second-order valence-electron chi connectivity index (χ2n) is 3.03. The molecule has 0 aromatic heterocycles. The molecule has 1 aromatic rings. The number of ether oxygens (including phenoxy) is 1. The smallest absolute Gasteiger partial charge is 0.129 e. The van der Waals surface area contributed by atoms with Crippen LogP contribution in [0.2, 0.25) is 0 Å². The van der Waals surface area contributed by atoms with Crippen molar-refractivity contribution in [1.82, 2.24) is 0 Å². The second-order valence-corrected chi connectivity index (χ2v) is 3.56. The molecule has 1 heterocycles. The molecule has 1 aromatic carbocycles. The number of hydrogen-bond donors (Lipinski definition) is 0. The second kappa shape index (κ2) is 3.28. The maximum absolute atomic E-state index is 13.3. The van der Waals surface area contributed by atoms with Crippen molar-refractivity contribution >= 4 is 11.6 Å². The number of fused-ring (bicyclic) bond motifs is 1. The van der Waals surface area contributed by atoms with Gasteiger partial charge in [0.2, 0.25) is 0 Å². The number of halogens is 2. The average molecular weight is 200 g/mol. The van der Waals surface area contributed by atoms with E-state index in [1.807, 2.05) is 6.07 Å². The van der Waals surface area contributed by atoms with Crippen molar-refractivity contribution in [3.63, 3.8) is 0 Å². The van der Waals surface area contributed by atoms with Crippen LogP contribution in [0.5, 0.6) is 0 Å². The van der Waals surface area contributed by atoms with Gasteiger partial charge in [-0.15, -0.1) is 11.6 Å². The van der Waals surface area contributed by atoms with Gasteiger partial charge in [-0.1, -0.05) is 12.1 Å². The largest absolute Gasteiger partial charge is 0.372 e. The van der Waals surface area contributed by atoms with E-state index in [4.69, 9.17) is 16.3 Å².